The standard InChI is InChI=1S/C20H15N3O3S2/c24-19(12-27-20-21-13-5-1-2-8-18(13)28-20)23-15(17-7-4-10-26-17)11-14(22-23)16-6-3-9-25-16/h1-10,15H,11-12H2. The Morgan fingerprint density at radius 1 is 1.14 bits per heavy atom. The van der Waals surface area contributed by atoms with Gasteiger partial charge >= 0.3 is 0 Å². The van der Waals surface area contributed by atoms with Gasteiger partial charge < -0.3 is 8.83 Å². The van der Waals surface area contributed by atoms with E-state index >= 15 is 0 Å². The number of amides is 1. The number of aromatic nitrogens is 1. The van der Waals surface area contributed by atoms with E-state index in [4.69, 9.17) is 8.83 Å². The molecule has 0 fully saturated rings. The Balaban J connectivity index is 1.36. The molecule has 6 nitrogen and oxygen atoms in total. The van der Waals surface area contributed by atoms with Crippen LogP contribution >= 0.6 is 23.1 Å². The molecule has 28 heavy (non-hydrogen) atoms. The molecule has 1 atom stereocenters. The molecule has 1 amide bonds. The molecule has 0 aliphatic carbocycles. The van der Waals surface area contributed by atoms with Crippen LogP contribution in [0.15, 0.2) is 79.3 Å². The van der Waals surface area contributed by atoms with Crippen molar-refractivity contribution in [2.24, 2.45) is 5.10 Å². The topological polar surface area (TPSA) is 71.8 Å². The lowest BCUT2D eigenvalue weighted by atomic mass is 10.1. The summed E-state index contributed by atoms with van der Waals surface area (Å²) in [5, 5.41) is 6.05. The van der Waals surface area contributed by atoms with Gasteiger partial charge in [-0.15, -0.1) is 11.3 Å². The van der Waals surface area contributed by atoms with Gasteiger partial charge in [-0.3, -0.25) is 4.79 Å². The second-order valence-electron chi connectivity index (χ2n) is 6.23. The lowest BCUT2D eigenvalue weighted by Crippen LogP contribution is -2.28. The van der Waals surface area contributed by atoms with Crippen LogP contribution in [0, 0.1) is 0 Å². The molecule has 1 aromatic carbocycles. The van der Waals surface area contributed by atoms with Gasteiger partial charge in [0.2, 0.25) is 0 Å². The first kappa shape index (κ1) is 17.3. The number of thioether (sulfide) groups is 1. The third kappa shape index (κ3) is 3.25. The van der Waals surface area contributed by atoms with Crippen molar-refractivity contribution < 1.29 is 13.6 Å². The predicted octanol–water partition coefficient (Wildman–Crippen LogP) is 4.95. The number of nitrogens with zero attached hydrogens (tertiary/aromatic N) is 3. The molecular weight excluding hydrogens is 394 g/mol. The zero-order chi connectivity index (χ0) is 18.9. The Morgan fingerprint density at radius 2 is 2.00 bits per heavy atom. The van der Waals surface area contributed by atoms with Crippen molar-refractivity contribution in [3.8, 4) is 0 Å². The number of rotatable bonds is 5. The van der Waals surface area contributed by atoms with Crippen LogP contribution in [-0.4, -0.2) is 27.4 Å². The molecule has 0 N–H and O–H groups in total. The highest BCUT2D eigenvalue weighted by atomic mass is 32.2. The fourth-order valence-corrected chi connectivity index (χ4v) is 5.06. The normalized spacial score (nSPS) is 16.6. The van der Waals surface area contributed by atoms with Crippen LogP contribution < -0.4 is 0 Å². The summed E-state index contributed by atoms with van der Waals surface area (Å²) in [5.74, 6) is 1.55. The van der Waals surface area contributed by atoms with Crippen LogP contribution in [0.25, 0.3) is 10.2 Å². The van der Waals surface area contributed by atoms with Gasteiger partial charge in [0.05, 0.1) is 28.5 Å². The summed E-state index contributed by atoms with van der Waals surface area (Å²) in [4.78, 5) is 17.5. The molecule has 1 aliphatic heterocycles. The van der Waals surface area contributed by atoms with Crippen molar-refractivity contribution in [3.63, 3.8) is 0 Å². The maximum Gasteiger partial charge on any atom is 0.253 e. The molecule has 5 rings (SSSR count). The number of furan rings is 2. The largest absolute Gasteiger partial charge is 0.467 e. The summed E-state index contributed by atoms with van der Waals surface area (Å²) < 4.78 is 13.0. The first-order chi connectivity index (χ1) is 13.8. The number of carbonyl (C=O) groups excluding carboxylic acids is 1. The number of thiazole rings is 1. The number of carbonyl (C=O) groups is 1. The summed E-state index contributed by atoms with van der Waals surface area (Å²) in [6, 6.07) is 15.0. The Bertz CT molecular complexity index is 1100. The second-order valence-corrected chi connectivity index (χ2v) is 8.49. The number of hydrogen-bond donors (Lipinski definition) is 0. The van der Waals surface area contributed by atoms with E-state index in [-0.39, 0.29) is 17.7 Å². The van der Waals surface area contributed by atoms with E-state index in [1.807, 2.05) is 48.5 Å². The quantitative estimate of drug-likeness (QED) is 0.436. The highest BCUT2D eigenvalue weighted by Crippen LogP contribution is 2.35. The van der Waals surface area contributed by atoms with E-state index in [1.165, 1.54) is 16.8 Å². The van der Waals surface area contributed by atoms with Gasteiger partial charge in [-0.05, 0) is 36.4 Å². The maximum atomic E-state index is 13.0. The molecule has 4 aromatic rings. The summed E-state index contributed by atoms with van der Waals surface area (Å²) in [6.07, 6.45) is 3.77. The molecule has 3 aromatic heterocycles. The van der Waals surface area contributed by atoms with Crippen molar-refractivity contribution in [1.29, 1.82) is 0 Å². The zero-order valence-corrected chi connectivity index (χ0v) is 16.3. The van der Waals surface area contributed by atoms with Gasteiger partial charge in [-0.25, -0.2) is 9.99 Å². The fourth-order valence-electron chi connectivity index (χ4n) is 3.14. The van der Waals surface area contributed by atoms with E-state index in [0.29, 0.717) is 17.9 Å². The fraction of sp³-hybridized carbons (Fsp3) is 0.150. The van der Waals surface area contributed by atoms with Crippen molar-refractivity contribution in [1.82, 2.24) is 9.99 Å². The van der Waals surface area contributed by atoms with Crippen molar-refractivity contribution in [2.45, 2.75) is 16.8 Å². The lowest BCUT2D eigenvalue weighted by Gasteiger charge is -2.19. The van der Waals surface area contributed by atoms with E-state index in [9.17, 15) is 4.79 Å². The highest BCUT2D eigenvalue weighted by Gasteiger charge is 2.35. The molecule has 0 spiro atoms. The number of hydrogen-bond acceptors (Lipinski definition) is 7. The zero-order valence-electron chi connectivity index (χ0n) is 14.6. The lowest BCUT2D eigenvalue weighted by molar-refractivity contribution is -0.130. The van der Waals surface area contributed by atoms with Gasteiger partial charge in [0.15, 0.2) is 4.34 Å². The first-order valence-corrected chi connectivity index (χ1v) is 10.5. The van der Waals surface area contributed by atoms with Crippen LogP contribution in [0.1, 0.15) is 24.0 Å². The van der Waals surface area contributed by atoms with E-state index < -0.39 is 0 Å². The maximum absolute atomic E-state index is 13.0. The number of para-hydroxylation sites is 1. The van der Waals surface area contributed by atoms with Gasteiger partial charge in [0, 0.05) is 6.42 Å². The molecule has 140 valence electrons. The molecule has 0 radical (unpaired) electrons. The highest BCUT2D eigenvalue weighted by molar-refractivity contribution is 8.01. The molecule has 1 unspecified atom stereocenters. The van der Waals surface area contributed by atoms with E-state index in [2.05, 4.69) is 10.1 Å². The summed E-state index contributed by atoms with van der Waals surface area (Å²) in [6.45, 7) is 0. The Labute approximate surface area is 168 Å². The first-order valence-electron chi connectivity index (χ1n) is 8.73. The monoisotopic (exact) mass is 409 g/mol. The van der Waals surface area contributed by atoms with Gasteiger partial charge in [-0.1, -0.05) is 23.9 Å². The average molecular weight is 409 g/mol. The third-order valence-corrected chi connectivity index (χ3v) is 6.60. The predicted molar refractivity (Wildman–Crippen MR) is 109 cm³/mol. The number of fused-ring (bicyclic) bond motifs is 1. The smallest absolute Gasteiger partial charge is 0.253 e. The van der Waals surface area contributed by atoms with Crippen LogP contribution in [-0.2, 0) is 4.79 Å². The van der Waals surface area contributed by atoms with Crippen LogP contribution in [0.4, 0.5) is 0 Å². The van der Waals surface area contributed by atoms with Crippen LogP contribution in [0.5, 0.6) is 0 Å². The Kier molecular flexibility index (Phi) is 4.50. The summed E-state index contributed by atoms with van der Waals surface area (Å²) in [5.41, 5.74) is 1.69. The number of hydrazone groups is 1. The van der Waals surface area contributed by atoms with Crippen molar-refractivity contribution in [2.75, 3.05) is 5.75 Å². The minimum absolute atomic E-state index is 0.0905. The molecular formula is C20H15N3O3S2. The van der Waals surface area contributed by atoms with Crippen LogP contribution in [0.3, 0.4) is 0 Å². The van der Waals surface area contributed by atoms with Gasteiger partial charge in [-0.2, -0.15) is 5.10 Å². The molecule has 0 bridgehead atoms. The van der Waals surface area contributed by atoms with E-state index in [0.717, 1.165) is 20.3 Å². The van der Waals surface area contributed by atoms with E-state index in [1.54, 1.807) is 23.9 Å². The van der Waals surface area contributed by atoms with Gasteiger partial charge in [0.25, 0.3) is 5.91 Å². The summed E-state index contributed by atoms with van der Waals surface area (Å²) in [7, 11) is 0. The Hall–Kier alpha value is -2.84. The molecule has 8 heteroatoms. The second kappa shape index (κ2) is 7.29. The molecule has 0 saturated carbocycles. The SMILES string of the molecule is O=C(CSc1nc2ccccc2s1)N1N=C(c2ccco2)CC1c1ccco1. The summed E-state index contributed by atoms with van der Waals surface area (Å²) >= 11 is 3.02. The minimum Gasteiger partial charge on any atom is -0.467 e. The number of benzene rings is 1. The van der Waals surface area contributed by atoms with Crippen molar-refractivity contribution >= 4 is 44.9 Å². The molecule has 1 aliphatic rings. The van der Waals surface area contributed by atoms with Crippen molar-refractivity contribution in [3.05, 3.63) is 72.6 Å². The Morgan fingerprint density at radius 3 is 2.79 bits per heavy atom. The minimum atomic E-state index is -0.265. The van der Waals surface area contributed by atoms with Crippen LogP contribution in [0.2, 0.25) is 0 Å². The molecule has 4 heterocycles. The molecule has 0 saturated heterocycles. The average Bonchev–Trinajstić information content (AvgIpc) is 3.50. The third-order valence-electron chi connectivity index (χ3n) is 4.44. The van der Waals surface area contributed by atoms with Gasteiger partial charge in [0.1, 0.15) is 23.3 Å².